The highest BCUT2D eigenvalue weighted by molar-refractivity contribution is 5.50. The van der Waals surface area contributed by atoms with Crippen molar-refractivity contribution >= 4 is 0 Å². The normalized spacial score (nSPS) is 39.7. The van der Waals surface area contributed by atoms with Crippen molar-refractivity contribution in [3.8, 4) is 0 Å². The van der Waals surface area contributed by atoms with Crippen LogP contribution in [0.1, 0.15) is 88.0 Å². The largest absolute Gasteiger partial charge is 0.396 e. The number of rotatable bonds is 4. The molecule has 0 bridgehead atoms. The lowest BCUT2D eigenvalue weighted by atomic mass is 9.47. The summed E-state index contributed by atoms with van der Waals surface area (Å²) < 4.78 is 0. The zero-order chi connectivity index (χ0) is 22.0. The maximum Gasteiger partial charge on any atom is 0.0577 e. The first-order valence-corrected chi connectivity index (χ1v) is 12.9. The highest BCUT2D eigenvalue weighted by atomic mass is 16.3. The van der Waals surface area contributed by atoms with E-state index in [1.165, 1.54) is 37.7 Å². The quantitative estimate of drug-likeness (QED) is 0.594. The molecule has 2 saturated carbocycles. The van der Waals surface area contributed by atoms with Crippen LogP contribution in [0.4, 0.5) is 0 Å². The number of benzene rings is 1. The second kappa shape index (κ2) is 7.73. The summed E-state index contributed by atoms with van der Waals surface area (Å²) in [5.41, 5.74) is 8.55. The molecule has 0 radical (unpaired) electrons. The third-order valence-electron chi connectivity index (χ3n) is 10.4. The molecule has 0 aliphatic heterocycles. The molecule has 2 nitrogen and oxygen atoms in total. The first-order chi connectivity index (χ1) is 14.8. The lowest BCUT2D eigenvalue weighted by Gasteiger charge is -2.57. The van der Waals surface area contributed by atoms with Crippen molar-refractivity contribution < 1.29 is 10.2 Å². The minimum Gasteiger partial charge on any atom is -0.396 e. The predicted octanol–water partition coefficient (Wildman–Crippen LogP) is 5.89. The van der Waals surface area contributed by atoms with Crippen molar-refractivity contribution in [1.29, 1.82) is 0 Å². The Morgan fingerprint density at radius 2 is 1.84 bits per heavy atom. The van der Waals surface area contributed by atoms with E-state index in [0.29, 0.717) is 16.7 Å². The topological polar surface area (TPSA) is 40.5 Å². The van der Waals surface area contributed by atoms with Crippen molar-refractivity contribution in [2.24, 2.45) is 29.1 Å². The molecular formula is C29H42O2. The van der Waals surface area contributed by atoms with Crippen molar-refractivity contribution in [2.75, 3.05) is 6.61 Å². The van der Waals surface area contributed by atoms with Gasteiger partial charge in [0.2, 0.25) is 0 Å². The fraction of sp³-hybridized carbons (Fsp3) is 0.724. The highest BCUT2D eigenvalue weighted by Crippen LogP contribution is 2.64. The van der Waals surface area contributed by atoms with E-state index in [2.05, 4.69) is 45.9 Å². The van der Waals surface area contributed by atoms with Crippen LogP contribution in [0.3, 0.4) is 0 Å². The van der Waals surface area contributed by atoms with Crippen LogP contribution in [-0.2, 0) is 18.3 Å². The molecule has 2 heteroatoms. The summed E-state index contributed by atoms with van der Waals surface area (Å²) in [6.07, 6.45) is 12.8. The summed E-state index contributed by atoms with van der Waals surface area (Å²) in [5, 5.41) is 19.7. The van der Waals surface area contributed by atoms with Gasteiger partial charge < -0.3 is 10.2 Å². The number of allylic oxidation sites excluding steroid dienone is 1. The van der Waals surface area contributed by atoms with Crippen LogP contribution in [0.15, 0.2) is 23.8 Å². The number of hydrogen-bond donors (Lipinski definition) is 2. The summed E-state index contributed by atoms with van der Waals surface area (Å²) in [5.74, 6) is 2.71. The van der Waals surface area contributed by atoms with Gasteiger partial charge in [0, 0.05) is 6.61 Å². The minimum absolute atomic E-state index is 0.116. The zero-order valence-corrected chi connectivity index (χ0v) is 20.1. The van der Waals surface area contributed by atoms with Crippen molar-refractivity contribution in [3.05, 3.63) is 46.0 Å². The van der Waals surface area contributed by atoms with Gasteiger partial charge in [0.25, 0.3) is 0 Å². The first-order valence-electron chi connectivity index (χ1n) is 12.9. The summed E-state index contributed by atoms with van der Waals surface area (Å²) in [6.45, 7) is 9.92. The molecule has 0 amide bonds. The van der Waals surface area contributed by atoms with E-state index >= 15 is 0 Å². The Labute approximate surface area is 189 Å². The van der Waals surface area contributed by atoms with Crippen LogP contribution < -0.4 is 0 Å². The van der Waals surface area contributed by atoms with Gasteiger partial charge in [-0.1, -0.05) is 44.6 Å². The maximum atomic E-state index is 10.3. The summed E-state index contributed by atoms with van der Waals surface area (Å²) in [6, 6.07) is 4.84. The molecule has 2 fully saturated rings. The Hall–Kier alpha value is -1.12. The van der Waals surface area contributed by atoms with Crippen molar-refractivity contribution in [2.45, 2.75) is 97.0 Å². The van der Waals surface area contributed by atoms with E-state index in [4.69, 9.17) is 0 Å². The number of fused-ring (bicyclic) bond motifs is 7. The molecular weight excluding hydrogens is 380 g/mol. The molecule has 0 heterocycles. The van der Waals surface area contributed by atoms with Gasteiger partial charge >= 0.3 is 0 Å². The van der Waals surface area contributed by atoms with E-state index < -0.39 is 0 Å². The average molecular weight is 423 g/mol. The Morgan fingerprint density at radius 1 is 1.06 bits per heavy atom. The van der Waals surface area contributed by atoms with E-state index in [1.807, 2.05) is 0 Å². The Kier molecular flexibility index (Phi) is 5.42. The van der Waals surface area contributed by atoms with Crippen molar-refractivity contribution in [1.82, 2.24) is 0 Å². The van der Waals surface area contributed by atoms with E-state index in [1.54, 1.807) is 22.3 Å². The van der Waals surface area contributed by atoms with Gasteiger partial charge in [0.15, 0.2) is 0 Å². The molecule has 4 aliphatic rings. The van der Waals surface area contributed by atoms with Crippen LogP contribution >= 0.6 is 0 Å². The second-order valence-electron chi connectivity index (χ2n) is 12.0. The first kappa shape index (κ1) is 21.7. The van der Waals surface area contributed by atoms with Gasteiger partial charge in [0.1, 0.15) is 0 Å². The number of aliphatic hydroxyl groups is 2. The van der Waals surface area contributed by atoms with E-state index in [9.17, 15) is 10.2 Å². The van der Waals surface area contributed by atoms with Gasteiger partial charge in [-0.2, -0.15) is 0 Å². The molecule has 2 N–H and O–H groups in total. The molecule has 4 aliphatic carbocycles. The van der Waals surface area contributed by atoms with Gasteiger partial charge in [-0.3, -0.25) is 0 Å². The number of aliphatic hydroxyl groups excluding tert-OH is 2. The number of hydrogen-bond acceptors (Lipinski definition) is 2. The summed E-state index contributed by atoms with van der Waals surface area (Å²) in [7, 11) is 0. The average Bonchev–Trinajstić information content (AvgIpc) is 3.06. The van der Waals surface area contributed by atoms with Crippen LogP contribution in [-0.4, -0.2) is 22.9 Å². The minimum atomic E-state index is -0.116. The Balaban J connectivity index is 1.46. The highest BCUT2D eigenvalue weighted by Gasteiger charge is 2.57. The predicted molar refractivity (Wildman–Crippen MR) is 127 cm³/mol. The fourth-order valence-electron chi connectivity index (χ4n) is 8.43. The molecule has 0 spiro atoms. The lowest BCUT2D eigenvalue weighted by molar-refractivity contribution is -0.0164. The van der Waals surface area contributed by atoms with Crippen LogP contribution in [0, 0.1) is 36.0 Å². The van der Waals surface area contributed by atoms with Gasteiger partial charge in [-0.15, -0.1) is 0 Å². The molecule has 0 aromatic heterocycles. The maximum absolute atomic E-state index is 10.3. The summed E-state index contributed by atoms with van der Waals surface area (Å²) >= 11 is 0. The Bertz CT molecular complexity index is 885. The molecule has 1 aromatic carbocycles. The van der Waals surface area contributed by atoms with E-state index in [0.717, 1.165) is 43.4 Å². The molecule has 5 rings (SSSR count). The zero-order valence-electron chi connectivity index (χ0n) is 20.1. The van der Waals surface area contributed by atoms with Gasteiger partial charge in [-0.05, 0) is 121 Å². The van der Waals surface area contributed by atoms with Crippen LogP contribution in [0.5, 0.6) is 0 Å². The third kappa shape index (κ3) is 3.27. The molecule has 7 atom stereocenters. The molecule has 31 heavy (non-hydrogen) atoms. The molecule has 170 valence electrons. The smallest absolute Gasteiger partial charge is 0.0577 e. The lowest BCUT2D eigenvalue weighted by Crippen LogP contribution is -2.51. The third-order valence-corrected chi connectivity index (χ3v) is 10.4. The molecule has 1 aromatic rings. The van der Waals surface area contributed by atoms with E-state index in [-0.39, 0.29) is 12.7 Å². The van der Waals surface area contributed by atoms with Crippen LogP contribution in [0.25, 0.3) is 0 Å². The fourth-order valence-corrected chi connectivity index (χ4v) is 8.43. The monoisotopic (exact) mass is 422 g/mol. The molecule has 2 unspecified atom stereocenters. The number of aryl methyl sites for hydroxylation is 1. The van der Waals surface area contributed by atoms with Crippen molar-refractivity contribution in [3.63, 3.8) is 0 Å². The van der Waals surface area contributed by atoms with Crippen LogP contribution in [0.2, 0.25) is 0 Å². The Morgan fingerprint density at radius 3 is 2.61 bits per heavy atom. The molecule has 0 saturated heterocycles. The summed E-state index contributed by atoms with van der Waals surface area (Å²) in [4.78, 5) is 0. The standard InChI is InChI=1S/C29H42O2/c1-18(17-30)5-6-20-7-8-21-15-26-24-10-9-22-16-23(31)11-13-28(22,3)25(24)12-14-29(26,4)27(21)19(20)2/h7-9,18,23-26,30-31H,5-6,10-17H2,1-4H3/t18?,23?,24-,25+,26+,28+,29+/m1/s1. The SMILES string of the molecule is Cc1c(CCC(C)CO)ccc2c1[C@@]1(C)CC[C@H]3[C@@H](CC=C4CC(O)CC[C@@]43C)[C@@H]1C2. The second-order valence-corrected chi connectivity index (χ2v) is 12.0. The van der Waals surface area contributed by atoms with Gasteiger partial charge in [-0.25, -0.2) is 0 Å². The van der Waals surface area contributed by atoms with Gasteiger partial charge in [0.05, 0.1) is 6.10 Å².